The van der Waals surface area contributed by atoms with Crippen LogP contribution in [-0.4, -0.2) is 23.7 Å². The highest BCUT2D eigenvalue weighted by atomic mass is 32.1. The molecule has 120 valence electrons. The first kappa shape index (κ1) is 16.7. The summed E-state index contributed by atoms with van der Waals surface area (Å²) in [5.74, 6) is -1.03. The van der Waals surface area contributed by atoms with Crippen LogP contribution in [0.3, 0.4) is 0 Å². The zero-order valence-electron chi connectivity index (χ0n) is 12.3. The third-order valence-electron chi connectivity index (χ3n) is 4.28. The van der Waals surface area contributed by atoms with Gasteiger partial charge in [-0.25, -0.2) is 4.98 Å². The molecule has 3 atom stereocenters. The van der Waals surface area contributed by atoms with E-state index in [-0.39, 0.29) is 24.8 Å². The molecule has 2 nitrogen and oxygen atoms in total. The van der Waals surface area contributed by atoms with Crippen molar-refractivity contribution in [1.29, 1.82) is 0 Å². The largest absolute Gasteiger partial charge is 0.391 e. The maximum atomic E-state index is 13.0. The smallest absolute Gasteiger partial charge is 0.313 e. The molecule has 1 aromatic rings. The lowest BCUT2D eigenvalue weighted by atomic mass is 9.76. The number of hydrogen-bond acceptors (Lipinski definition) is 3. The molecule has 0 aromatic carbocycles. The molecule has 3 unspecified atom stereocenters. The monoisotopic (exact) mass is 320 g/mol. The minimum atomic E-state index is -4.05. The SMILES string of the molecule is CCCNC(Cc1nccs1)C1CCCC(C(F)(F)F)C1. The standard InChI is InChI=1S/C15H23F3N2S/c1-2-6-19-13(10-14-20-7-8-21-14)11-4-3-5-12(9-11)15(16,17)18/h7-8,11-13,19H,2-6,9-10H2,1H3. The maximum Gasteiger partial charge on any atom is 0.391 e. The van der Waals surface area contributed by atoms with Crippen LogP contribution in [0.1, 0.15) is 44.0 Å². The van der Waals surface area contributed by atoms with Crippen LogP contribution in [0.2, 0.25) is 0 Å². The second-order valence-electron chi connectivity index (χ2n) is 5.86. The van der Waals surface area contributed by atoms with Crippen molar-refractivity contribution >= 4 is 11.3 Å². The number of halogens is 3. The van der Waals surface area contributed by atoms with Crippen LogP contribution >= 0.6 is 11.3 Å². The molecular weight excluding hydrogens is 297 g/mol. The average Bonchev–Trinajstić information content (AvgIpc) is 2.95. The number of hydrogen-bond donors (Lipinski definition) is 1. The molecule has 0 amide bonds. The van der Waals surface area contributed by atoms with Crippen molar-refractivity contribution in [2.75, 3.05) is 6.54 Å². The predicted molar refractivity (Wildman–Crippen MR) is 79.4 cm³/mol. The summed E-state index contributed by atoms with van der Waals surface area (Å²) in [5, 5.41) is 6.38. The Bertz CT molecular complexity index is 406. The molecule has 0 aliphatic heterocycles. The molecule has 0 spiro atoms. The van der Waals surface area contributed by atoms with Crippen molar-refractivity contribution in [2.24, 2.45) is 11.8 Å². The molecule has 1 aromatic heterocycles. The quantitative estimate of drug-likeness (QED) is 0.839. The predicted octanol–water partition coefficient (Wildman–Crippen LogP) is 4.42. The topological polar surface area (TPSA) is 24.9 Å². The van der Waals surface area contributed by atoms with E-state index >= 15 is 0 Å². The van der Waals surface area contributed by atoms with Gasteiger partial charge >= 0.3 is 6.18 Å². The van der Waals surface area contributed by atoms with E-state index in [1.54, 1.807) is 17.5 Å². The Hall–Kier alpha value is -0.620. The van der Waals surface area contributed by atoms with Crippen LogP contribution in [0, 0.1) is 11.8 Å². The van der Waals surface area contributed by atoms with Gasteiger partial charge in [-0.3, -0.25) is 0 Å². The van der Waals surface area contributed by atoms with Gasteiger partial charge in [0, 0.05) is 24.0 Å². The Morgan fingerprint density at radius 2 is 2.24 bits per heavy atom. The Kier molecular flexibility index (Phi) is 6.05. The highest BCUT2D eigenvalue weighted by Gasteiger charge is 2.43. The van der Waals surface area contributed by atoms with Gasteiger partial charge in [0.25, 0.3) is 0 Å². The first-order chi connectivity index (χ1) is 10.0. The van der Waals surface area contributed by atoms with Gasteiger partial charge in [-0.05, 0) is 38.1 Å². The van der Waals surface area contributed by atoms with Crippen molar-refractivity contribution in [2.45, 2.75) is 57.7 Å². The normalized spacial score (nSPS) is 25.0. The lowest BCUT2D eigenvalue weighted by molar-refractivity contribution is -0.186. The van der Waals surface area contributed by atoms with Gasteiger partial charge in [0.15, 0.2) is 0 Å². The molecule has 1 N–H and O–H groups in total. The van der Waals surface area contributed by atoms with Crippen LogP contribution in [-0.2, 0) is 6.42 Å². The van der Waals surface area contributed by atoms with Gasteiger partial charge in [0.05, 0.1) is 10.9 Å². The van der Waals surface area contributed by atoms with Crippen molar-refractivity contribution < 1.29 is 13.2 Å². The lowest BCUT2D eigenvalue weighted by Gasteiger charge is -2.35. The molecule has 1 aliphatic rings. The second kappa shape index (κ2) is 7.58. The van der Waals surface area contributed by atoms with Crippen molar-refractivity contribution in [3.63, 3.8) is 0 Å². The molecule has 1 fully saturated rings. The zero-order valence-corrected chi connectivity index (χ0v) is 13.1. The molecule has 6 heteroatoms. The van der Waals surface area contributed by atoms with Crippen molar-refractivity contribution in [1.82, 2.24) is 10.3 Å². The molecule has 1 aliphatic carbocycles. The summed E-state index contributed by atoms with van der Waals surface area (Å²) in [4.78, 5) is 4.28. The van der Waals surface area contributed by atoms with Crippen LogP contribution < -0.4 is 5.32 Å². The van der Waals surface area contributed by atoms with Crippen molar-refractivity contribution in [3.05, 3.63) is 16.6 Å². The maximum absolute atomic E-state index is 13.0. The molecule has 21 heavy (non-hydrogen) atoms. The van der Waals surface area contributed by atoms with Gasteiger partial charge < -0.3 is 5.32 Å². The van der Waals surface area contributed by atoms with E-state index in [1.165, 1.54) is 0 Å². The number of nitrogens with one attached hydrogen (secondary N) is 1. The summed E-state index contributed by atoms with van der Waals surface area (Å²) in [5.41, 5.74) is 0. The average molecular weight is 320 g/mol. The highest BCUT2D eigenvalue weighted by molar-refractivity contribution is 7.09. The van der Waals surface area contributed by atoms with E-state index in [4.69, 9.17) is 0 Å². The van der Waals surface area contributed by atoms with E-state index in [0.29, 0.717) is 6.42 Å². The summed E-state index contributed by atoms with van der Waals surface area (Å²) < 4.78 is 38.9. The minimum absolute atomic E-state index is 0.0980. The third-order valence-corrected chi connectivity index (χ3v) is 5.08. The van der Waals surface area contributed by atoms with Crippen molar-refractivity contribution in [3.8, 4) is 0 Å². The molecule has 0 saturated heterocycles. The van der Waals surface area contributed by atoms with Gasteiger partial charge in [-0.2, -0.15) is 13.2 Å². The van der Waals surface area contributed by atoms with E-state index in [1.807, 2.05) is 5.38 Å². The van der Waals surface area contributed by atoms with Gasteiger partial charge in [0.2, 0.25) is 0 Å². The molecule has 1 heterocycles. The third kappa shape index (κ3) is 4.95. The fourth-order valence-electron chi connectivity index (χ4n) is 3.17. The van der Waals surface area contributed by atoms with Crippen LogP contribution in [0.4, 0.5) is 13.2 Å². The van der Waals surface area contributed by atoms with E-state index in [0.717, 1.165) is 30.8 Å². The number of thiazole rings is 1. The second-order valence-corrected chi connectivity index (χ2v) is 6.83. The summed E-state index contributed by atoms with van der Waals surface area (Å²) in [6.45, 7) is 2.93. The summed E-state index contributed by atoms with van der Waals surface area (Å²) >= 11 is 1.58. The van der Waals surface area contributed by atoms with Crippen LogP contribution in [0.5, 0.6) is 0 Å². The summed E-state index contributed by atoms with van der Waals surface area (Å²) in [7, 11) is 0. The van der Waals surface area contributed by atoms with Crippen LogP contribution in [0.25, 0.3) is 0 Å². The fourth-order valence-corrected chi connectivity index (χ4v) is 3.84. The number of rotatable bonds is 6. The van der Waals surface area contributed by atoms with E-state index in [2.05, 4.69) is 17.2 Å². The first-order valence-corrected chi connectivity index (χ1v) is 8.57. The van der Waals surface area contributed by atoms with E-state index < -0.39 is 12.1 Å². The summed E-state index contributed by atoms with van der Waals surface area (Å²) in [6.07, 6.45) is 1.56. The Morgan fingerprint density at radius 1 is 1.43 bits per heavy atom. The number of aromatic nitrogens is 1. The number of alkyl halides is 3. The van der Waals surface area contributed by atoms with E-state index in [9.17, 15) is 13.2 Å². The lowest BCUT2D eigenvalue weighted by Crippen LogP contribution is -2.42. The first-order valence-electron chi connectivity index (χ1n) is 7.69. The van der Waals surface area contributed by atoms with Crippen LogP contribution in [0.15, 0.2) is 11.6 Å². The zero-order chi connectivity index (χ0) is 15.3. The molecule has 0 bridgehead atoms. The molecular formula is C15H23F3N2S. The Morgan fingerprint density at radius 3 is 2.86 bits per heavy atom. The minimum Gasteiger partial charge on any atom is -0.313 e. The van der Waals surface area contributed by atoms with Gasteiger partial charge in [-0.15, -0.1) is 11.3 Å². The summed E-state index contributed by atoms with van der Waals surface area (Å²) in [6, 6.07) is 0.112. The van der Waals surface area contributed by atoms with Gasteiger partial charge in [-0.1, -0.05) is 13.3 Å². The Labute approximate surface area is 128 Å². The van der Waals surface area contributed by atoms with Gasteiger partial charge in [0.1, 0.15) is 0 Å². The Balaban J connectivity index is 2.01. The molecule has 2 rings (SSSR count). The fraction of sp³-hybridized carbons (Fsp3) is 0.800. The molecule has 1 saturated carbocycles. The highest BCUT2D eigenvalue weighted by Crippen LogP contribution is 2.41. The number of nitrogens with zero attached hydrogens (tertiary/aromatic N) is 1. The molecule has 0 radical (unpaired) electrons.